The van der Waals surface area contributed by atoms with Crippen molar-refractivity contribution in [1.29, 1.82) is 0 Å². The summed E-state index contributed by atoms with van der Waals surface area (Å²) in [5, 5.41) is 30.2. The highest BCUT2D eigenvalue weighted by atomic mass is 16.6. The molecule has 0 unspecified atom stereocenters. The largest absolute Gasteiger partial charge is 0.506 e. The van der Waals surface area contributed by atoms with E-state index in [-0.39, 0.29) is 17.1 Å². The Kier molecular flexibility index (Phi) is 3.60. The summed E-state index contributed by atoms with van der Waals surface area (Å²) in [4.78, 5) is 31.1. The number of nitrogens with zero attached hydrogens (tertiary/aromatic N) is 1. The standard InChI is InChI=1S/C9H8N2O6/c12-7-2-1-5(11(16)17)3-6(7)10-8(13)4-9(14)15/h1-3,12H,4H2,(H,10,13)(H,14,15). The first-order valence-electron chi connectivity index (χ1n) is 4.39. The van der Waals surface area contributed by atoms with Crippen LogP contribution < -0.4 is 5.32 Å². The number of nitro groups is 1. The molecule has 0 aliphatic carbocycles. The van der Waals surface area contributed by atoms with Crippen LogP contribution in [0.3, 0.4) is 0 Å². The monoisotopic (exact) mass is 240 g/mol. The van der Waals surface area contributed by atoms with Crippen molar-refractivity contribution in [2.45, 2.75) is 6.42 Å². The lowest BCUT2D eigenvalue weighted by Gasteiger charge is -2.05. The van der Waals surface area contributed by atoms with Crippen LogP contribution in [0, 0.1) is 10.1 Å². The molecule has 0 bridgehead atoms. The molecule has 0 radical (unpaired) electrons. The van der Waals surface area contributed by atoms with Crippen molar-refractivity contribution in [3.8, 4) is 5.75 Å². The highest BCUT2D eigenvalue weighted by Crippen LogP contribution is 2.27. The molecule has 1 amide bonds. The Morgan fingerprint density at radius 1 is 1.41 bits per heavy atom. The molecule has 1 rings (SSSR count). The number of nitro benzene ring substituents is 1. The summed E-state index contributed by atoms with van der Waals surface area (Å²) in [6, 6.07) is 3.03. The molecule has 0 saturated carbocycles. The number of hydrogen-bond acceptors (Lipinski definition) is 5. The van der Waals surface area contributed by atoms with E-state index in [4.69, 9.17) is 5.11 Å². The molecule has 8 heteroatoms. The van der Waals surface area contributed by atoms with E-state index in [1.165, 1.54) is 0 Å². The summed E-state index contributed by atoms with van der Waals surface area (Å²) in [6.07, 6.45) is -0.790. The summed E-state index contributed by atoms with van der Waals surface area (Å²) < 4.78 is 0. The molecule has 1 aromatic rings. The highest BCUT2D eigenvalue weighted by Gasteiger charge is 2.14. The SMILES string of the molecule is O=C(O)CC(=O)Nc1cc([N+](=O)[O-])ccc1O. The zero-order valence-electron chi connectivity index (χ0n) is 8.41. The minimum Gasteiger partial charge on any atom is -0.506 e. The van der Waals surface area contributed by atoms with Crippen LogP contribution in [0.1, 0.15) is 6.42 Å². The molecule has 0 saturated heterocycles. The molecule has 0 aliphatic heterocycles. The van der Waals surface area contributed by atoms with Gasteiger partial charge in [0.15, 0.2) is 0 Å². The van der Waals surface area contributed by atoms with E-state index in [0.717, 1.165) is 18.2 Å². The van der Waals surface area contributed by atoms with E-state index in [0.29, 0.717) is 0 Å². The van der Waals surface area contributed by atoms with E-state index < -0.39 is 23.2 Å². The van der Waals surface area contributed by atoms with Gasteiger partial charge in [-0.1, -0.05) is 0 Å². The number of anilines is 1. The van der Waals surface area contributed by atoms with Crippen molar-refractivity contribution in [1.82, 2.24) is 0 Å². The Labute approximate surface area is 94.6 Å². The fourth-order valence-corrected chi connectivity index (χ4v) is 1.07. The number of carboxylic acids is 1. The van der Waals surface area contributed by atoms with Crippen LogP contribution in [0.15, 0.2) is 18.2 Å². The Balaban J connectivity index is 2.90. The summed E-state index contributed by atoms with van der Waals surface area (Å²) in [7, 11) is 0. The second kappa shape index (κ2) is 4.92. The van der Waals surface area contributed by atoms with Crippen molar-refractivity contribution in [2.24, 2.45) is 0 Å². The van der Waals surface area contributed by atoms with Crippen LogP contribution in [0.2, 0.25) is 0 Å². The number of phenols is 1. The molecular formula is C9H8N2O6. The predicted molar refractivity (Wildman–Crippen MR) is 55.6 cm³/mol. The fraction of sp³-hybridized carbons (Fsp3) is 0.111. The van der Waals surface area contributed by atoms with Gasteiger partial charge in [0.2, 0.25) is 5.91 Å². The number of amides is 1. The summed E-state index contributed by atoms with van der Waals surface area (Å²) in [5.41, 5.74) is -0.529. The van der Waals surface area contributed by atoms with E-state index in [9.17, 15) is 24.8 Å². The highest BCUT2D eigenvalue weighted by molar-refractivity contribution is 6.02. The zero-order valence-corrected chi connectivity index (χ0v) is 8.41. The van der Waals surface area contributed by atoms with E-state index in [1.807, 2.05) is 0 Å². The number of carbonyl (C=O) groups is 2. The van der Waals surface area contributed by atoms with Gasteiger partial charge in [-0.25, -0.2) is 0 Å². The number of benzene rings is 1. The Hall–Kier alpha value is -2.64. The topological polar surface area (TPSA) is 130 Å². The number of carboxylic acid groups (broad SMARTS) is 1. The van der Waals surface area contributed by atoms with Gasteiger partial charge in [0.05, 0.1) is 10.6 Å². The second-order valence-electron chi connectivity index (χ2n) is 3.08. The number of phenolic OH excluding ortho intramolecular Hbond substituents is 1. The van der Waals surface area contributed by atoms with Crippen LogP contribution in [0.5, 0.6) is 5.75 Å². The Morgan fingerprint density at radius 3 is 2.59 bits per heavy atom. The van der Waals surface area contributed by atoms with Crippen molar-refractivity contribution in [3.63, 3.8) is 0 Å². The van der Waals surface area contributed by atoms with Crippen LogP contribution >= 0.6 is 0 Å². The second-order valence-corrected chi connectivity index (χ2v) is 3.08. The van der Waals surface area contributed by atoms with Crippen LogP contribution in [0.25, 0.3) is 0 Å². The number of non-ortho nitro benzene ring substituents is 1. The molecular weight excluding hydrogens is 232 g/mol. The quantitative estimate of drug-likeness (QED) is 0.307. The van der Waals surface area contributed by atoms with Crippen molar-refractivity contribution in [3.05, 3.63) is 28.3 Å². The molecule has 90 valence electrons. The van der Waals surface area contributed by atoms with Crippen LogP contribution in [-0.2, 0) is 9.59 Å². The molecule has 3 N–H and O–H groups in total. The average Bonchev–Trinajstić information content (AvgIpc) is 2.19. The molecule has 17 heavy (non-hydrogen) atoms. The Morgan fingerprint density at radius 2 is 2.06 bits per heavy atom. The minimum absolute atomic E-state index is 0.203. The van der Waals surface area contributed by atoms with Crippen LogP contribution in [0.4, 0.5) is 11.4 Å². The number of aliphatic carboxylic acids is 1. The van der Waals surface area contributed by atoms with Crippen LogP contribution in [-0.4, -0.2) is 27.0 Å². The van der Waals surface area contributed by atoms with E-state index in [1.54, 1.807) is 0 Å². The van der Waals surface area contributed by atoms with Crippen molar-refractivity contribution < 1.29 is 24.7 Å². The molecule has 0 fully saturated rings. The maximum absolute atomic E-state index is 11.1. The lowest BCUT2D eigenvalue weighted by molar-refractivity contribution is -0.384. The van der Waals surface area contributed by atoms with Gasteiger partial charge in [0.25, 0.3) is 5.69 Å². The maximum Gasteiger partial charge on any atom is 0.312 e. The predicted octanol–water partition coefficient (Wildman–Crippen LogP) is 0.714. The lowest BCUT2D eigenvalue weighted by atomic mass is 10.2. The fourth-order valence-electron chi connectivity index (χ4n) is 1.07. The molecule has 0 aromatic heterocycles. The first-order valence-corrected chi connectivity index (χ1v) is 4.39. The van der Waals surface area contributed by atoms with Gasteiger partial charge < -0.3 is 15.5 Å². The van der Waals surface area contributed by atoms with E-state index in [2.05, 4.69) is 5.32 Å². The number of nitrogens with one attached hydrogen (secondary N) is 1. The molecule has 0 atom stereocenters. The summed E-state index contributed by atoms with van der Waals surface area (Å²) >= 11 is 0. The smallest absolute Gasteiger partial charge is 0.312 e. The molecule has 1 aromatic carbocycles. The minimum atomic E-state index is -1.34. The van der Waals surface area contributed by atoms with E-state index >= 15 is 0 Å². The normalized spacial score (nSPS) is 9.65. The van der Waals surface area contributed by atoms with Gasteiger partial charge in [-0.3, -0.25) is 19.7 Å². The van der Waals surface area contributed by atoms with Gasteiger partial charge in [0, 0.05) is 12.1 Å². The Bertz CT molecular complexity index is 484. The average molecular weight is 240 g/mol. The summed E-state index contributed by atoms with van der Waals surface area (Å²) in [5.74, 6) is -2.60. The van der Waals surface area contributed by atoms with Crippen molar-refractivity contribution >= 4 is 23.3 Å². The zero-order chi connectivity index (χ0) is 13.0. The molecule has 8 nitrogen and oxygen atoms in total. The third kappa shape index (κ3) is 3.45. The van der Waals surface area contributed by atoms with Gasteiger partial charge in [-0.05, 0) is 6.07 Å². The number of hydrogen-bond donors (Lipinski definition) is 3. The van der Waals surface area contributed by atoms with Gasteiger partial charge in [0.1, 0.15) is 12.2 Å². The third-order valence-corrected chi connectivity index (χ3v) is 1.78. The van der Waals surface area contributed by atoms with Crippen molar-refractivity contribution in [2.75, 3.05) is 5.32 Å². The lowest BCUT2D eigenvalue weighted by Crippen LogP contribution is -2.16. The number of rotatable bonds is 4. The molecule has 0 aliphatic rings. The molecule has 0 spiro atoms. The first-order chi connectivity index (χ1) is 7.90. The van der Waals surface area contributed by atoms with Gasteiger partial charge in [-0.2, -0.15) is 0 Å². The maximum atomic E-state index is 11.1. The third-order valence-electron chi connectivity index (χ3n) is 1.78. The first kappa shape index (κ1) is 12.4. The molecule has 0 heterocycles. The number of aromatic hydroxyl groups is 1. The summed E-state index contributed by atoms with van der Waals surface area (Å²) in [6.45, 7) is 0. The van der Waals surface area contributed by atoms with Gasteiger partial charge in [-0.15, -0.1) is 0 Å². The number of carbonyl (C=O) groups excluding carboxylic acids is 1. The van der Waals surface area contributed by atoms with Gasteiger partial charge >= 0.3 is 5.97 Å².